The molecule has 0 saturated heterocycles. The number of pyridine rings is 2. The Bertz CT molecular complexity index is 1900. The molecule has 198 valence electrons. The highest BCUT2D eigenvalue weighted by Crippen LogP contribution is 2.38. The summed E-state index contributed by atoms with van der Waals surface area (Å²) in [4.78, 5) is 45.9. The minimum atomic E-state index is -0.576. The molecule has 0 bridgehead atoms. The van der Waals surface area contributed by atoms with Crippen LogP contribution in [0.15, 0.2) is 52.0 Å². The molecule has 0 fully saturated rings. The average molecular weight is 543 g/mol. The number of hydrogen-bond acceptors (Lipinski definition) is 7. The van der Waals surface area contributed by atoms with Gasteiger partial charge in [-0.25, -0.2) is 4.98 Å². The van der Waals surface area contributed by atoms with Gasteiger partial charge in [-0.2, -0.15) is 0 Å². The molecule has 5 aromatic rings. The third-order valence-electron chi connectivity index (χ3n) is 7.12. The summed E-state index contributed by atoms with van der Waals surface area (Å²) < 4.78 is 8.47. The van der Waals surface area contributed by atoms with Crippen molar-refractivity contribution in [1.29, 1.82) is 5.41 Å². The highest BCUT2D eigenvalue weighted by molar-refractivity contribution is 7.17. The van der Waals surface area contributed by atoms with Gasteiger partial charge in [0.15, 0.2) is 0 Å². The van der Waals surface area contributed by atoms with Gasteiger partial charge in [-0.1, -0.05) is 6.07 Å². The molecule has 11 heteroatoms. The molecule has 0 aliphatic heterocycles. The van der Waals surface area contributed by atoms with Crippen LogP contribution in [0.1, 0.15) is 55.3 Å². The van der Waals surface area contributed by atoms with E-state index >= 15 is 0 Å². The lowest BCUT2D eigenvalue weighted by Crippen LogP contribution is -2.32. The van der Waals surface area contributed by atoms with Gasteiger partial charge < -0.3 is 19.6 Å². The first-order chi connectivity index (χ1) is 18.9. The first kappa shape index (κ1) is 24.8. The number of rotatable bonds is 5. The van der Waals surface area contributed by atoms with Gasteiger partial charge in [0.2, 0.25) is 0 Å². The summed E-state index contributed by atoms with van der Waals surface area (Å²) >= 11 is 1.40. The second-order valence-electron chi connectivity index (χ2n) is 9.56. The number of aromatic nitrogens is 3. The summed E-state index contributed by atoms with van der Waals surface area (Å²) in [6, 6.07) is 8.54. The van der Waals surface area contributed by atoms with Crippen molar-refractivity contribution in [3.8, 4) is 0 Å². The second kappa shape index (κ2) is 9.66. The number of thiophene rings is 1. The minimum Gasteiger partial charge on any atom is -0.467 e. The van der Waals surface area contributed by atoms with Crippen LogP contribution in [0.2, 0.25) is 0 Å². The Hall–Kier alpha value is -4.51. The molecule has 1 aliphatic rings. The van der Waals surface area contributed by atoms with Crippen molar-refractivity contribution in [3.63, 3.8) is 0 Å². The molecule has 0 spiro atoms. The van der Waals surface area contributed by atoms with Gasteiger partial charge in [0.05, 0.1) is 29.3 Å². The normalized spacial score (nSPS) is 13.0. The number of fused-ring (bicyclic) bond motifs is 3. The van der Waals surface area contributed by atoms with Crippen molar-refractivity contribution in [2.24, 2.45) is 0 Å². The van der Waals surface area contributed by atoms with E-state index in [4.69, 9.17) is 14.8 Å². The van der Waals surface area contributed by atoms with Crippen LogP contribution < -0.4 is 21.7 Å². The number of carbonyl (C=O) groups is 2. The summed E-state index contributed by atoms with van der Waals surface area (Å²) in [6.07, 6.45) is 6.82. The third kappa shape index (κ3) is 4.15. The van der Waals surface area contributed by atoms with E-state index in [0.717, 1.165) is 41.7 Å². The molecular weight excluding hydrogens is 516 g/mol. The van der Waals surface area contributed by atoms with Crippen LogP contribution in [0.3, 0.4) is 0 Å². The van der Waals surface area contributed by atoms with E-state index in [1.54, 1.807) is 31.4 Å². The first-order valence-corrected chi connectivity index (χ1v) is 13.5. The van der Waals surface area contributed by atoms with E-state index in [-0.39, 0.29) is 40.1 Å². The SMILES string of the molecule is CNC(=O)c1c(NC(=O)c2cc3c(=O)n4cccc(C)c4nc3n(Cc3ccco3)c2=N)sc2c1CCCC2. The van der Waals surface area contributed by atoms with Crippen LogP contribution in [0.25, 0.3) is 16.7 Å². The Morgan fingerprint density at radius 1 is 1.15 bits per heavy atom. The molecule has 0 atom stereocenters. The molecule has 2 amide bonds. The largest absolute Gasteiger partial charge is 0.467 e. The van der Waals surface area contributed by atoms with E-state index in [1.165, 1.54) is 32.6 Å². The number of hydrogen-bond donors (Lipinski definition) is 3. The fourth-order valence-electron chi connectivity index (χ4n) is 5.17. The predicted octanol–water partition coefficient (Wildman–Crippen LogP) is 3.63. The van der Waals surface area contributed by atoms with Gasteiger partial charge in [0.25, 0.3) is 17.4 Å². The average Bonchev–Trinajstić information content (AvgIpc) is 3.58. The summed E-state index contributed by atoms with van der Waals surface area (Å²) in [5.41, 5.74) is 2.53. The van der Waals surface area contributed by atoms with E-state index in [0.29, 0.717) is 22.0 Å². The van der Waals surface area contributed by atoms with Gasteiger partial charge in [-0.15, -0.1) is 11.3 Å². The molecule has 39 heavy (non-hydrogen) atoms. The molecule has 6 rings (SSSR count). The minimum absolute atomic E-state index is 0.00483. The number of nitrogens with one attached hydrogen (secondary N) is 3. The van der Waals surface area contributed by atoms with E-state index in [2.05, 4.69) is 10.6 Å². The quantitative estimate of drug-likeness (QED) is 0.292. The fourth-order valence-corrected chi connectivity index (χ4v) is 6.45. The van der Waals surface area contributed by atoms with Crippen molar-refractivity contribution in [3.05, 3.63) is 91.5 Å². The molecule has 1 aliphatic carbocycles. The molecule has 0 aromatic carbocycles. The predicted molar refractivity (Wildman–Crippen MR) is 148 cm³/mol. The van der Waals surface area contributed by atoms with Gasteiger partial charge in [0.1, 0.15) is 27.5 Å². The Labute approximate surface area is 226 Å². The summed E-state index contributed by atoms with van der Waals surface area (Å²) in [5, 5.41) is 15.2. The standard InChI is InChI=1S/C28H26N6O4S/c1-15-7-5-11-33-23(15)31-24-19(28(33)37)13-18(22(29)34(24)14-16-8-6-12-38-16)25(35)32-27-21(26(36)30-2)17-9-3-4-10-20(17)39-27/h5-8,11-13,29H,3-4,9-10,14H2,1-2H3,(H,30,36)(H,32,35). The Balaban J connectivity index is 1.54. The second-order valence-corrected chi connectivity index (χ2v) is 10.7. The Morgan fingerprint density at radius 2 is 1.97 bits per heavy atom. The lowest BCUT2D eigenvalue weighted by Gasteiger charge is -2.15. The van der Waals surface area contributed by atoms with Gasteiger partial charge >= 0.3 is 0 Å². The van der Waals surface area contributed by atoms with Gasteiger partial charge in [0, 0.05) is 18.1 Å². The van der Waals surface area contributed by atoms with Crippen LogP contribution in [0.4, 0.5) is 5.00 Å². The van der Waals surface area contributed by atoms with Gasteiger partial charge in [-0.05, 0) is 68.0 Å². The van der Waals surface area contributed by atoms with Crippen molar-refractivity contribution in [1.82, 2.24) is 19.3 Å². The van der Waals surface area contributed by atoms with E-state index in [9.17, 15) is 14.4 Å². The van der Waals surface area contributed by atoms with Crippen molar-refractivity contribution in [2.75, 3.05) is 12.4 Å². The van der Waals surface area contributed by atoms with Crippen LogP contribution >= 0.6 is 11.3 Å². The number of furan rings is 1. The number of amides is 2. The van der Waals surface area contributed by atoms with E-state index in [1.807, 2.05) is 13.0 Å². The van der Waals surface area contributed by atoms with Crippen molar-refractivity contribution >= 4 is 44.8 Å². The van der Waals surface area contributed by atoms with E-state index < -0.39 is 5.91 Å². The Kier molecular flexibility index (Phi) is 6.15. The van der Waals surface area contributed by atoms with Crippen LogP contribution in [-0.2, 0) is 19.4 Å². The number of nitrogens with zero attached hydrogens (tertiary/aromatic N) is 3. The smallest absolute Gasteiger partial charge is 0.267 e. The molecule has 3 N–H and O–H groups in total. The van der Waals surface area contributed by atoms with Crippen LogP contribution in [-0.4, -0.2) is 32.8 Å². The lowest BCUT2D eigenvalue weighted by molar-refractivity contribution is 0.0963. The summed E-state index contributed by atoms with van der Waals surface area (Å²) in [5.74, 6) is -0.286. The summed E-state index contributed by atoms with van der Waals surface area (Å²) in [6.45, 7) is 1.97. The third-order valence-corrected chi connectivity index (χ3v) is 8.33. The van der Waals surface area contributed by atoms with Crippen molar-refractivity contribution in [2.45, 2.75) is 39.2 Å². The molecule has 0 unspecified atom stereocenters. The van der Waals surface area contributed by atoms with Gasteiger partial charge in [-0.3, -0.25) is 24.2 Å². The highest BCUT2D eigenvalue weighted by atomic mass is 32.1. The first-order valence-electron chi connectivity index (χ1n) is 12.7. The molecule has 0 radical (unpaired) electrons. The highest BCUT2D eigenvalue weighted by Gasteiger charge is 2.27. The number of anilines is 1. The van der Waals surface area contributed by atoms with Crippen LogP contribution in [0, 0.1) is 12.3 Å². The molecule has 10 nitrogen and oxygen atoms in total. The molecular formula is C28H26N6O4S. The zero-order chi connectivity index (χ0) is 27.3. The molecule has 0 saturated carbocycles. The monoisotopic (exact) mass is 542 g/mol. The lowest BCUT2D eigenvalue weighted by atomic mass is 9.95. The molecule has 5 aromatic heterocycles. The zero-order valence-electron chi connectivity index (χ0n) is 21.5. The summed E-state index contributed by atoms with van der Waals surface area (Å²) in [7, 11) is 1.57. The maximum atomic E-state index is 13.7. The fraction of sp³-hybridized carbons (Fsp3) is 0.250. The maximum Gasteiger partial charge on any atom is 0.267 e. The topological polar surface area (TPSA) is 134 Å². The number of carbonyl (C=O) groups excluding carboxylic acids is 2. The van der Waals surface area contributed by atoms with Crippen molar-refractivity contribution < 1.29 is 14.0 Å². The Morgan fingerprint density at radius 3 is 2.74 bits per heavy atom. The molecule has 5 heterocycles. The number of aryl methyl sites for hydroxylation is 2. The maximum absolute atomic E-state index is 13.7. The zero-order valence-corrected chi connectivity index (χ0v) is 22.3. The van der Waals surface area contributed by atoms with Crippen LogP contribution in [0.5, 0.6) is 0 Å².